The van der Waals surface area contributed by atoms with E-state index in [9.17, 15) is 13.4 Å². The van der Waals surface area contributed by atoms with Gasteiger partial charge in [0.1, 0.15) is 17.4 Å². The van der Waals surface area contributed by atoms with Gasteiger partial charge in [-0.05, 0) is 69.0 Å². The number of benzene rings is 2. The lowest BCUT2D eigenvalue weighted by atomic mass is 10.0. The van der Waals surface area contributed by atoms with Gasteiger partial charge in [-0.25, -0.2) is 9.37 Å². The van der Waals surface area contributed by atoms with E-state index >= 15 is 0 Å². The molecule has 2 aromatic heterocycles. The van der Waals surface area contributed by atoms with Crippen molar-refractivity contribution in [3.8, 4) is 11.1 Å². The first-order valence-electron chi connectivity index (χ1n) is 12.3. The van der Waals surface area contributed by atoms with Gasteiger partial charge in [0.15, 0.2) is 0 Å². The fourth-order valence-electron chi connectivity index (χ4n) is 5.70. The van der Waals surface area contributed by atoms with Gasteiger partial charge in [0.2, 0.25) is 5.91 Å². The maximum atomic E-state index is 14.1. The van der Waals surface area contributed by atoms with Crippen molar-refractivity contribution in [2.24, 2.45) is 0 Å². The summed E-state index contributed by atoms with van der Waals surface area (Å²) in [6.45, 7) is 3.82. The zero-order valence-corrected chi connectivity index (χ0v) is 21.1. The summed E-state index contributed by atoms with van der Waals surface area (Å²) in [5, 5.41) is 4.09. The van der Waals surface area contributed by atoms with Crippen molar-refractivity contribution in [3.05, 3.63) is 65.6 Å². The van der Waals surface area contributed by atoms with Crippen molar-refractivity contribution < 1.29 is 17.9 Å². The van der Waals surface area contributed by atoms with Crippen LogP contribution in [0.15, 0.2) is 47.0 Å². The average Bonchev–Trinajstić information content (AvgIpc) is 3.53. The van der Waals surface area contributed by atoms with Crippen molar-refractivity contribution in [1.82, 2.24) is 14.7 Å². The minimum Gasteiger partial charge on any atom is -0.361 e. The van der Waals surface area contributed by atoms with E-state index in [1.54, 1.807) is 17.0 Å². The van der Waals surface area contributed by atoms with Crippen LogP contribution in [0.1, 0.15) is 55.0 Å². The second-order valence-corrected chi connectivity index (χ2v) is 11.3. The van der Waals surface area contributed by atoms with E-state index in [1.807, 2.05) is 19.9 Å². The molecule has 0 saturated carbocycles. The Morgan fingerprint density at radius 1 is 1.08 bits per heavy atom. The quantitative estimate of drug-likeness (QED) is 0.370. The van der Waals surface area contributed by atoms with Gasteiger partial charge >= 0.3 is 0 Å². The first-order valence-corrected chi connectivity index (χ1v) is 13.8. The molecule has 2 aliphatic rings. The molecule has 9 heteroatoms. The molecule has 0 spiro atoms. The summed E-state index contributed by atoms with van der Waals surface area (Å²) in [6.07, 6.45) is 2.56. The molecule has 0 unspecified atom stereocenters. The predicted molar refractivity (Wildman–Crippen MR) is 137 cm³/mol. The van der Waals surface area contributed by atoms with Crippen LogP contribution in [-0.2, 0) is 15.6 Å². The zero-order valence-electron chi connectivity index (χ0n) is 20.2. The number of hydrogen-bond donors (Lipinski definition) is 0. The molecule has 7 nitrogen and oxygen atoms in total. The molecule has 2 aliphatic heterocycles. The van der Waals surface area contributed by atoms with Gasteiger partial charge in [0.05, 0.1) is 22.8 Å². The molecule has 4 heterocycles. The van der Waals surface area contributed by atoms with E-state index in [-0.39, 0.29) is 23.8 Å². The van der Waals surface area contributed by atoms with Gasteiger partial charge in [-0.2, -0.15) is 0 Å². The highest BCUT2D eigenvalue weighted by atomic mass is 32.2. The number of aryl methyl sites for hydroxylation is 2. The Bertz CT molecular complexity index is 1480. The number of rotatable bonds is 4. The standard InChI is InChI=1S/C27H27FN4O3S/c1-16-26(17(2)35-30-16)18-6-7-23-22(14-18)29-27(32(23)20-10-12-36(34)13-11-20)24-8-9-25(33)31(24)21-5-3-4-19(28)15-21/h3-7,14-15,20,24H,8-13H2,1-2H3/t20?,24-,36?/m0/s1. The molecule has 4 aromatic rings. The minimum absolute atomic E-state index is 0.0367. The molecule has 0 bridgehead atoms. The van der Waals surface area contributed by atoms with Crippen LogP contribution in [0.5, 0.6) is 0 Å². The van der Waals surface area contributed by atoms with E-state index in [4.69, 9.17) is 9.51 Å². The number of carbonyl (C=O) groups is 1. The van der Waals surface area contributed by atoms with Gasteiger partial charge in [0, 0.05) is 46.0 Å². The number of anilines is 1. The Labute approximate surface area is 210 Å². The van der Waals surface area contributed by atoms with E-state index in [0.29, 0.717) is 30.0 Å². The summed E-state index contributed by atoms with van der Waals surface area (Å²) in [4.78, 5) is 19.8. The van der Waals surface area contributed by atoms with Crippen LogP contribution in [-0.4, -0.2) is 36.3 Å². The molecule has 1 atom stereocenters. The Kier molecular flexibility index (Phi) is 5.75. The third kappa shape index (κ3) is 3.86. The van der Waals surface area contributed by atoms with Gasteiger partial charge in [-0.1, -0.05) is 17.3 Å². The van der Waals surface area contributed by atoms with E-state index in [0.717, 1.165) is 52.3 Å². The van der Waals surface area contributed by atoms with Crippen molar-refractivity contribution in [1.29, 1.82) is 0 Å². The Hall–Kier alpha value is -3.33. The largest absolute Gasteiger partial charge is 0.361 e. The van der Waals surface area contributed by atoms with Crippen molar-refractivity contribution in [3.63, 3.8) is 0 Å². The molecule has 2 saturated heterocycles. The number of nitrogens with zero attached hydrogens (tertiary/aromatic N) is 4. The van der Waals surface area contributed by atoms with E-state index < -0.39 is 10.8 Å². The lowest BCUT2D eigenvalue weighted by molar-refractivity contribution is -0.117. The number of amides is 1. The first kappa shape index (κ1) is 23.1. The highest BCUT2D eigenvalue weighted by molar-refractivity contribution is 7.85. The molecular weight excluding hydrogens is 479 g/mol. The fraction of sp³-hybridized carbons (Fsp3) is 0.370. The van der Waals surface area contributed by atoms with Crippen LogP contribution in [0.2, 0.25) is 0 Å². The van der Waals surface area contributed by atoms with Crippen LogP contribution >= 0.6 is 0 Å². The number of hydrogen-bond acceptors (Lipinski definition) is 5. The van der Waals surface area contributed by atoms with Crippen molar-refractivity contribution >= 4 is 33.4 Å². The second-order valence-electron chi connectivity index (χ2n) is 9.62. The molecule has 1 amide bonds. The number of fused-ring (bicyclic) bond motifs is 1. The number of aromatic nitrogens is 3. The first-order chi connectivity index (χ1) is 17.4. The molecule has 0 N–H and O–H groups in total. The third-order valence-corrected chi connectivity index (χ3v) is 8.74. The Morgan fingerprint density at radius 3 is 2.61 bits per heavy atom. The summed E-state index contributed by atoms with van der Waals surface area (Å²) >= 11 is 0. The lowest BCUT2D eigenvalue weighted by Gasteiger charge is -2.30. The Morgan fingerprint density at radius 2 is 1.89 bits per heavy atom. The second kappa shape index (κ2) is 8.96. The van der Waals surface area contributed by atoms with Crippen molar-refractivity contribution in [2.75, 3.05) is 16.4 Å². The van der Waals surface area contributed by atoms with Gasteiger partial charge in [0.25, 0.3) is 0 Å². The number of halogens is 1. The highest BCUT2D eigenvalue weighted by Gasteiger charge is 2.38. The molecule has 0 aliphatic carbocycles. The summed E-state index contributed by atoms with van der Waals surface area (Å²) in [6, 6.07) is 12.2. The smallest absolute Gasteiger partial charge is 0.227 e. The predicted octanol–water partition coefficient (Wildman–Crippen LogP) is 5.40. The van der Waals surface area contributed by atoms with Crippen LogP contribution in [0.4, 0.5) is 10.1 Å². The number of carbonyl (C=O) groups excluding carboxylic acids is 1. The maximum absolute atomic E-state index is 14.1. The van der Waals surface area contributed by atoms with Crippen LogP contribution < -0.4 is 4.90 Å². The highest BCUT2D eigenvalue weighted by Crippen LogP contribution is 2.41. The summed E-state index contributed by atoms with van der Waals surface area (Å²) in [7, 11) is -0.796. The summed E-state index contributed by atoms with van der Waals surface area (Å²) < 4.78 is 33.8. The SMILES string of the molecule is Cc1noc(C)c1-c1ccc2c(c1)nc([C@@H]1CCC(=O)N1c1cccc(F)c1)n2C1CCS(=O)CC1. The third-order valence-electron chi connectivity index (χ3n) is 7.36. The van der Waals surface area contributed by atoms with Crippen LogP contribution in [0.25, 0.3) is 22.2 Å². The molecule has 2 aromatic carbocycles. The van der Waals surface area contributed by atoms with Gasteiger partial charge in [-0.3, -0.25) is 9.00 Å². The fourth-order valence-corrected chi connectivity index (χ4v) is 6.98. The van der Waals surface area contributed by atoms with Gasteiger partial charge in [-0.15, -0.1) is 0 Å². The molecule has 2 fully saturated rings. The topological polar surface area (TPSA) is 81.2 Å². The molecule has 6 rings (SSSR count). The Balaban J connectivity index is 1.51. The van der Waals surface area contributed by atoms with Crippen molar-refractivity contribution in [2.45, 2.75) is 51.6 Å². The summed E-state index contributed by atoms with van der Waals surface area (Å²) in [5.41, 5.74) is 5.11. The maximum Gasteiger partial charge on any atom is 0.227 e. The number of imidazole rings is 1. The molecular formula is C27H27FN4O3S. The van der Waals surface area contributed by atoms with E-state index in [2.05, 4.69) is 21.9 Å². The van der Waals surface area contributed by atoms with E-state index in [1.165, 1.54) is 12.1 Å². The normalized spacial score (nSPS) is 22.6. The molecule has 0 radical (unpaired) electrons. The lowest BCUT2D eigenvalue weighted by Crippen LogP contribution is -2.31. The monoisotopic (exact) mass is 506 g/mol. The van der Waals surface area contributed by atoms with Crippen LogP contribution in [0.3, 0.4) is 0 Å². The molecule has 186 valence electrons. The van der Waals surface area contributed by atoms with Gasteiger partial charge < -0.3 is 14.0 Å². The zero-order chi connectivity index (χ0) is 25.0. The molecule has 36 heavy (non-hydrogen) atoms. The van der Waals surface area contributed by atoms with Crippen LogP contribution in [0, 0.1) is 19.7 Å². The average molecular weight is 507 g/mol. The minimum atomic E-state index is -0.796. The summed E-state index contributed by atoms with van der Waals surface area (Å²) in [5.74, 6) is 2.44.